The minimum Gasteiger partial charge on any atom is -0.486 e. The van der Waals surface area contributed by atoms with Crippen LogP contribution in [0.3, 0.4) is 0 Å². The third-order valence-corrected chi connectivity index (χ3v) is 5.35. The van der Waals surface area contributed by atoms with E-state index in [0.29, 0.717) is 23.6 Å². The predicted octanol–water partition coefficient (Wildman–Crippen LogP) is 3.14. The van der Waals surface area contributed by atoms with E-state index in [0.717, 1.165) is 6.07 Å². The van der Waals surface area contributed by atoms with Crippen LogP contribution in [0.2, 0.25) is 0 Å². The molecule has 0 amide bonds. The van der Waals surface area contributed by atoms with E-state index < -0.39 is 37.0 Å². The maximum absolute atomic E-state index is 12.7. The summed E-state index contributed by atoms with van der Waals surface area (Å²) >= 11 is 0. The van der Waals surface area contributed by atoms with Crippen LogP contribution >= 0.6 is 0 Å². The minimum absolute atomic E-state index is 0.0422. The van der Waals surface area contributed by atoms with E-state index >= 15 is 0 Å². The quantitative estimate of drug-likeness (QED) is 0.587. The first kappa shape index (κ1) is 19.7. The third-order valence-electron chi connectivity index (χ3n) is 3.87. The summed E-state index contributed by atoms with van der Waals surface area (Å²) in [6.45, 7) is 0.193. The highest BCUT2D eigenvalue weighted by atomic mass is 32.2. The zero-order valence-corrected chi connectivity index (χ0v) is 14.8. The van der Waals surface area contributed by atoms with E-state index in [-0.39, 0.29) is 18.8 Å². The smallest absolute Gasteiger partial charge is 0.486 e. The summed E-state index contributed by atoms with van der Waals surface area (Å²) in [5.41, 5.74) is -6.51. The van der Waals surface area contributed by atoms with Gasteiger partial charge < -0.3 is 14.8 Å². The number of nitrogens with zero attached hydrogens (tertiary/aromatic N) is 1. The van der Waals surface area contributed by atoms with Gasteiger partial charge >= 0.3 is 5.51 Å². The first-order chi connectivity index (χ1) is 13.1. The van der Waals surface area contributed by atoms with E-state index in [1.54, 1.807) is 24.3 Å². The van der Waals surface area contributed by atoms with Gasteiger partial charge in [0.05, 0.1) is 16.4 Å². The predicted molar refractivity (Wildman–Crippen MR) is 91.2 cm³/mol. The van der Waals surface area contributed by atoms with Crippen molar-refractivity contribution in [3.05, 3.63) is 52.6 Å². The lowest BCUT2D eigenvalue weighted by Gasteiger charge is -2.26. The Balaban J connectivity index is 1.79. The minimum atomic E-state index is -5.69. The Morgan fingerprint density at radius 2 is 1.86 bits per heavy atom. The monoisotopic (exact) mass is 418 g/mol. The van der Waals surface area contributed by atoms with Crippen LogP contribution in [0.5, 0.6) is 11.5 Å². The fraction of sp³-hybridized carbons (Fsp3) is 0.250. The normalized spacial score (nSPS) is 16.5. The molecule has 0 saturated heterocycles. The molecule has 0 spiro atoms. The molecule has 0 aliphatic carbocycles. The van der Waals surface area contributed by atoms with Gasteiger partial charge in [-0.25, -0.2) is 8.42 Å². The Labute approximate surface area is 156 Å². The Hall–Kier alpha value is -3.02. The summed E-state index contributed by atoms with van der Waals surface area (Å²) < 4.78 is 72.1. The third kappa shape index (κ3) is 3.81. The number of nitro benzene ring substituents is 1. The number of halogens is 3. The number of nitro groups is 1. The lowest BCUT2D eigenvalue weighted by molar-refractivity contribution is -0.384. The number of hydrogen-bond acceptors (Lipinski definition) is 7. The molecule has 0 bridgehead atoms. The van der Waals surface area contributed by atoms with Crippen molar-refractivity contribution in [2.75, 3.05) is 18.5 Å². The largest absolute Gasteiger partial charge is 0.501 e. The SMILES string of the molecule is O=[N+]([O-])c1cc(S(=O)(=O)C(F)(F)F)ccc1NCC1COc2ccccc2O1. The molecule has 1 aliphatic heterocycles. The molecule has 1 atom stereocenters. The number of rotatable bonds is 5. The number of hydrogen-bond donors (Lipinski definition) is 1. The van der Waals surface area contributed by atoms with E-state index in [1.807, 2.05) is 0 Å². The molecule has 1 N–H and O–H groups in total. The first-order valence-electron chi connectivity index (χ1n) is 7.82. The Morgan fingerprint density at radius 3 is 2.50 bits per heavy atom. The molecule has 1 aliphatic rings. The van der Waals surface area contributed by atoms with Crippen LogP contribution in [-0.2, 0) is 9.84 Å². The van der Waals surface area contributed by atoms with Gasteiger partial charge in [0, 0.05) is 6.07 Å². The first-order valence-corrected chi connectivity index (χ1v) is 9.30. The number of fused-ring (bicyclic) bond motifs is 1. The molecule has 3 rings (SSSR count). The van der Waals surface area contributed by atoms with E-state index in [9.17, 15) is 31.7 Å². The molecule has 1 unspecified atom stereocenters. The van der Waals surface area contributed by atoms with Gasteiger partial charge in [-0.2, -0.15) is 13.2 Å². The van der Waals surface area contributed by atoms with Crippen LogP contribution < -0.4 is 14.8 Å². The fourth-order valence-corrected chi connectivity index (χ4v) is 3.28. The number of anilines is 1. The van der Waals surface area contributed by atoms with Crippen molar-refractivity contribution in [1.29, 1.82) is 0 Å². The number of sulfone groups is 1. The summed E-state index contributed by atoms with van der Waals surface area (Å²) in [7, 11) is -5.69. The maximum atomic E-state index is 12.7. The van der Waals surface area contributed by atoms with Crippen LogP contribution in [0.15, 0.2) is 47.4 Å². The molecule has 0 fully saturated rings. The van der Waals surface area contributed by atoms with Crippen molar-refractivity contribution in [1.82, 2.24) is 0 Å². The van der Waals surface area contributed by atoms with E-state index in [1.165, 1.54) is 0 Å². The summed E-state index contributed by atoms with van der Waals surface area (Å²) in [5, 5.41) is 13.9. The highest BCUT2D eigenvalue weighted by Crippen LogP contribution is 2.35. The van der Waals surface area contributed by atoms with Crippen molar-refractivity contribution in [3.63, 3.8) is 0 Å². The van der Waals surface area contributed by atoms with Crippen LogP contribution in [0.1, 0.15) is 0 Å². The van der Waals surface area contributed by atoms with Gasteiger partial charge in [0.2, 0.25) is 0 Å². The summed E-state index contributed by atoms with van der Waals surface area (Å²) in [6.07, 6.45) is -0.520. The molecule has 2 aromatic rings. The number of alkyl halides is 3. The van der Waals surface area contributed by atoms with Gasteiger partial charge in [-0.1, -0.05) is 12.1 Å². The average Bonchev–Trinajstić information content (AvgIpc) is 2.65. The molecule has 150 valence electrons. The number of ether oxygens (including phenoxy) is 2. The highest BCUT2D eigenvalue weighted by Gasteiger charge is 2.47. The molecular formula is C16H13F3N2O6S. The molecular weight excluding hydrogens is 405 g/mol. The van der Waals surface area contributed by atoms with Crippen LogP contribution in [0, 0.1) is 10.1 Å². The van der Waals surface area contributed by atoms with Gasteiger partial charge in [0.15, 0.2) is 11.5 Å². The molecule has 0 aromatic heterocycles. The molecule has 12 heteroatoms. The van der Waals surface area contributed by atoms with Gasteiger partial charge in [-0.05, 0) is 24.3 Å². The summed E-state index contributed by atoms with van der Waals surface area (Å²) in [6, 6.07) is 8.84. The number of benzene rings is 2. The molecule has 1 heterocycles. The second-order valence-corrected chi connectivity index (χ2v) is 7.70. The lowest BCUT2D eigenvalue weighted by atomic mass is 10.2. The second-order valence-electron chi connectivity index (χ2n) is 5.76. The van der Waals surface area contributed by atoms with Crippen molar-refractivity contribution in [2.45, 2.75) is 16.5 Å². The Bertz CT molecular complexity index is 1010. The van der Waals surface area contributed by atoms with Crippen molar-refractivity contribution in [2.24, 2.45) is 0 Å². The van der Waals surface area contributed by atoms with Crippen LogP contribution in [-0.4, -0.2) is 38.1 Å². The van der Waals surface area contributed by atoms with Gasteiger partial charge in [0.1, 0.15) is 18.4 Å². The second kappa shape index (κ2) is 7.19. The topological polar surface area (TPSA) is 108 Å². The average molecular weight is 418 g/mol. The summed E-state index contributed by atoms with van der Waals surface area (Å²) in [4.78, 5) is 9.03. The van der Waals surface area contributed by atoms with Crippen LogP contribution in [0.4, 0.5) is 24.5 Å². The Kier molecular flexibility index (Phi) is 5.06. The number of para-hydroxylation sites is 2. The fourth-order valence-electron chi connectivity index (χ4n) is 2.50. The van der Waals surface area contributed by atoms with Crippen molar-refractivity contribution < 1.29 is 36.0 Å². The van der Waals surface area contributed by atoms with Crippen LogP contribution in [0.25, 0.3) is 0 Å². The molecule has 28 heavy (non-hydrogen) atoms. The standard InChI is InChI=1S/C16H13F3N2O6S/c17-16(18,19)28(24,25)11-5-6-12(13(7-11)21(22)23)20-8-10-9-26-14-3-1-2-4-15(14)27-10/h1-7,10,20H,8-9H2. The summed E-state index contributed by atoms with van der Waals surface area (Å²) in [5.74, 6) is 1.04. The molecule has 0 saturated carbocycles. The molecule has 2 aromatic carbocycles. The Morgan fingerprint density at radius 1 is 1.18 bits per heavy atom. The van der Waals surface area contributed by atoms with Gasteiger partial charge in [0.25, 0.3) is 15.5 Å². The molecule has 8 nitrogen and oxygen atoms in total. The maximum Gasteiger partial charge on any atom is 0.501 e. The van der Waals surface area contributed by atoms with E-state index in [2.05, 4.69) is 5.32 Å². The lowest BCUT2D eigenvalue weighted by Crippen LogP contribution is -2.35. The van der Waals surface area contributed by atoms with Gasteiger partial charge in [-0.15, -0.1) is 0 Å². The zero-order valence-electron chi connectivity index (χ0n) is 14.0. The zero-order chi connectivity index (χ0) is 20.5. The van der Waals surface area contributed by atoms with Gasteiger partial charge in [-0.3, -0.25) is 10.1 Å². The molecule has 0 radical (unpaired) electrons. The van der Waals surface area contributed by atoms with E-state index in [4.69, 9.17) is 9.47 Å². The highest BCUT2D eigenvalue weighted by molar-refractivity contribution is 7.92. The van der Waals surface area contributed by atoms with Crippen molar-refractivity contribution in [3.8, 4) is 11.5 Å². The number of nitrogens with one attached hydrogen (secondary N) is 1. The van der Waals surface area contributed by atoms with Crippen molar-refractivity contribution >= 4 is 21.2 Å².